The summed E-state index contributed by atoms with van der Waals surface area (Å²) in [6.45, 7) is 4.59. The van der Waals surface area contributed by atoms with E-state index in [0.29, 0.717) is 0 Å². The van der Waals surface area contributed by atoms with Gasteiger partial charge in [0.15, 0.2) is 0 Å². The van der Waals surface area contributed by atoms with Crippen LogP contribution in [0.15, 0.2) is 24.8 Å². The maximum absolute atomic E-state index is 4.94. The van der Waals surface area contributed by atoms with Crippen molar-refractivity contribution in [2.75, 3.05) is 0 Å². The second kappa shape index (κ2) is 13.5. The summed E-state index contributed by atoms with van der Waals surface area (Å²) in [7, 11) is 4.39. The Labute approximate surface area is 183 Å². The summed E-state index contributed by atoms with van der Waals surface area (Å²) >= 11 is -2.93. The van der Waals surface area contributed by atoms with Crippen LogP contribution in [0, 0.1) is 0 Å². The molecule has 4 nitrogen and oxygen atoms in total. The van der Waals surface area contributed by atoms with Gasteiger partial charge in [0.1, 0.15) is 0 Å². The van der Waals surface area contributed by atoms with Crippen LogP contribution in [0.1, 0.15) is 90.9 Å². The number of aryl methyl sites for hydroxylation is 2. The summed E-state index contributed by atoms with van der Waals surface area (Å²) in [6, 6.07) is 0. The van der Waals surface area contributed by atoms with Crippen molar-refractivity contribution in [3.8, 4) is 0 Å². The van der Waals surface area contributed by atoms with E-state index in [2.05, 4.69) is 49.5 Å². The Morgan fingerprint density at radius 3 is 1.34 bits per heavy atom. The third-order valence-electron chi connectivity index (χ3n) is 6.41. The molecule has 0 unspecified atom stereocenters. The van der Waals surface area contributed by atoms with Crippen LogP contribution >= 0.6 is 0 Å². The van der Waals surface area contributed by atoms with E-state index >= 15 is 0 Å². The molecule has 0 aliphatic carbocycles. The summed E-state index contributed by atoms with van der Waals surface area (Å²) in [4.78, 5) is 9.89. The van der Waals surface area contributed by atoms with Gasteiger partial charge in [-0.3, -0.25) is 0 Å². The molecule has 0 saturated heterocycles. The van der Waals surface area contributed by atoms with E-state index in [0.717, 1.165) is 0 Å². The van der Waals surface area contributed by atoms with E-state index in [1.165, 1.54) is 93.6 Å². The molecule has 0 aliphatic rings. The van der Waals surface area contributed by atoms with Crippen LogP contribution in [-0.4, -0.2) is 37.5 Å². The Balaban J connectivity index is 2.16. The van der Waals surface area contributed by atoms with Crippen LogP contribution in [0.2, 0.25) is 8.87 Å². The van der Waals surface area contributed by atoms with Gasteiger partial charge < -0.3 is 0 Å². The van der Waals surface area contributed by atoms with Gasteiger partial charge in [-0.15, -0.1) is 0 Å². The van der Waals surface area contributed by atoms with Crippen LogP contribution in [0.3, 0.4) is 0 Å². The minimum absolute atomic E-state index is 1.32. The molecular weight excluding hydrogens is 463 g/mol. The van der Waals surface area contributed by atoms with Gasteiger partial charge in [-0.25, -0.2) is 0 Å². The fraction of sp³-hybridized carbons (Fsp3) is 0.750. The van der Waals surface area contributed by atoms with Crippen molar-refractivity contribution in [3.05, 3.63) is 24.8 Å². The van der Waals surface area contributed by atoms with Gasteiger partial charge in [0.05, 0.1) is 0 Å². The molecule has 0 fully saturated rings. The third kappa shape index (κ3) is 7.15. The van der Waals surface area contributed by atoms with Crippen molar-refractivity contribution in [2.24, 2.45) is 14.1 Å². The summed E-state index contributed by atoms with van der Waals surface area (Å²) in [5.74, 6) is 0. The second-order valence-electron chi connectivity index (χ2n) is 8.84. The number of unbranched alkanes of at least 4 members (excludes halogenated alkanes) is 10. The van der Waals surface area contributed by atoms with Crippen LogP contribution in [-0.2, 0) is 14.1 Å². The van der Waals surface area contributed by atoms with E-state index in [9.17, 15) is 0 Å². The summed E-state index contributed by atoms with van der Waals surface area (Å²) in [5.41, 5.74) is 0. The first-order valence-corrected chi connectivity index (χ1v) is 19.0. The Hall–Kier alpha value is -0.781. The van der Waals surface area contributed by atoms with Crippen molar-refractivity contribution in [1.82, 2.24) is 19.1 Å². The van der Waals surface area contributed by atoms with Crippen LogP contribution in [0.25, 0.3) is 0 Å². The van der Waals surface area contributed by atoms with E-state index in [1.807, 2.05) is 12.4 Å². The second-order valence-corrected chi connectivity index (χ2v) is 20.4. The molecule has 0 saturated carbocycles. The molecule has 164 valence electrons. The fourth-order valence-electron chi connectivity index (χ4n) is 4.74. The molecule has 2 rings (SSSR count). The molecule has 0 aromatic carbocycles. The number of hydrogen-bond donors (Lipinski definition) is 0. The molecule has 0 N–H and O–H groups in total. The van der Waals surface area contributed by atoms with Gasteiger partial charge in [-0.2, -0.15) is 0 Å². The molecule has 0 bridgehead atoms. The van der Waals surface area contributed by atoms with Crippen LogP contribution in [0.5, 0.6) is 0 Å². The molecular formula is C24H44N4Sn. The van der Waals surface area contributed by atoms with Crippen LogP contribution in [0.4, 0.5) is 0 Å². The average molecular weight is 507 g/mol. The average Bonchev–Trinajstić information content (AvgIpc) is 3.34. The first kappa shape index (κ1) is 24.5. The first-order valence-electron chi connectivity index (χ1n) is 12.1. The van der Waals surface area contributed by atoms with Crippen molar-refractivity contribution in [3.63, 3.8) is 0 Å². The quantitative estimate of drug-likeness (QED) is 0.224. The van der Waals surface area contributed by atoms with Crippen LogP contribution < -0.4 is 7.68 Å². The standard InChI is InChI=1S/2C8H17.2C4H5N2.Sn/c2*1-3-5-7-8-6-4-2;2*1-6-3-2-5-4-6;/h2*1,3-8H2,2H3;2*2-3H,1H3;. The Kier molecular flexibility index (Phi) is 11.4. The Morgan fingerprint density at radius 2 is 1.00 bits per heavy atom. The zero-order chi connectivity index (χ0) is 21.0. The Bertz CT molecular complexity index is 618. The zero-order valence-electron chi connectivity index (χ0n) is 19.5. The first-order chi connectivity index (χ1) is 14.2. The molecule has 0 radical (unpaired) electrons. The molecule has 0 aliphatic heterocycles. The number of nitrogens with zero attached hydrogens (tertiary/aromatic N) is 4. The van der Waals surface area contributed by atoms with E-state index in [4.69, 9.17) is 9.97 Å². The molecule has 5 heteroatoms. The molecule has 2 aromatic heterocycles. The molecule has 0 spiro atoms. The molecule has 2 aromatic rings. The van der Waals surface area contributed by atoms with E-state index in [1.54, 1.807) is 0 Å². The summed E-state index contributed by atoms with van der Waals surface area (Å²) in [6.07, 6.45) is 24.7. The van der Waals surface area contributed by atoms with Gasteiger partial charge in [-0.1, -0.05) is 0 Å². The molecule has 2 heterocycles. The van der Waals surface area contributed by atoms with Crippen molar-refractivity contribution < 1.29 is 0 Å². The van der Waals surface area contributed by atoms with Gasteiger partial charge in [0, 0.05) is 0 Å². The topological polar surface area (TPSA) is 35.6 Å². The van der Waals surface area contributed by atoms with Gasteiger partial charge in [-0.05, 0) is 0 Å². The Morgan fingerprint density at radius 1 is 0.621 bits per heavy atom. The monoisotopic (exact) mass is 508 g/mol. The molecule has 0 atom stereocenters. The normalized spacial score (nSPS) is 12.0. The number of imidazole rings is 2. The maximum atomic E-state index is 4.94. The van der Waals surface area contributed by atoms with Gasteiger partial charge in [0.25, 0.3) is 0 Å². The zero-order valence-corrected chi connectivity index (χ0v) is 22.4. The van der Waals surface area contributed by atoms with Crippen molar-refractivity contribution >= 4 is 26.1 Å². The number of rotatable bonds is 16. The molecule has 0 amide bonds. The minimum atomic E-state index is -2.93. The SMILES string of the molecule is CCCCCCC[CH2][Sn]([CH2]CCCCCCC)([c]1nccn1C)[c]1nccn1C. The number of hydrogen-bond acceptors (Lipinski definition) is 2. The fourth-order valence-corrected chi connectivity index (χ4v) is 19.6. The molecule has 29 heavy (non-hydrogen) atoms. The number of aromatic nitrogens is 4. The van der Waals surface area contributed by atoms with Crippen molar-refractivity contribution in [1.29, 1.82) is 0 Å². The van der Waals surface area contributed by atoms with Crippen molar-refractivity contribution in [2.45, 2.75) is 99.8 Å². The third-order valence-corrected chi connectivity index (χ3v) is 20.9. The predicted octanol–water partition coefficient (Wildman–Crippen LogP) is 5.44. The summed E-state index contributed by atoms with van der Waals surface area (Å²) < 4.78 is 10.1. The summed E-state index contributed by atoms with van der Waals surface area (Å²) in [5, 5.41) is 0. The predicted molar refractivity (Wildman–Crippen MR) is 128 cm³/mol. The van der Waals surface area contributed by atoms with Gasteiger partial charge in [0.2, 0.25) is 0 Å². The van der Waals surface area contributed by atoms with Gasteiger partial charge >= 0.3 is 184 Å². The van der Waals surface area contributed by atoms with E-state index in [-0.39, 0.29) is 0 Å². The van der Waals surface area contributed by atoms with E-state index < -0.39 is 18.4 Å².